The van der Waals surface area contributed by atoms with Crippen LogP contribution in [0, 0.1) is 19.7 Å². The zero-order chi connectivity index (χ0) is 11.5. The maximum Gasteiger partial charge on any atom is 0.130 e. The molecule has 2 aromatic rings. The Morgan fingerprint density at radius 2 is 1.69 bits per heavy atom. The lowest BCUT2D eigenvalue weighted by molar-refractivity contribution is 0.476. The summed E-state index contributed by atoms with van der Waals surface area (Å²) in [5.41, 5.74) is 1.76. The molecule has 0 saturated heterocycles. The van der Waals surface area contributed by atoms with Gasteiger partial charge in [-0.2, -0.15) is 0 Å². The van der Waals surface area contributed by atoms with E-state index in [4.69, 9.17) is 4.74 Å². The Balaban J connectivity index is 2.23. The van der Waals surface area contributed by atoms with E-state index in [2.05, 4.69) is 6.92 Å². The van der Waals surface area contributed by atoms with Crippen molar-refractivity contribution in [3.63, 3.8) is 0 Å². The average Bonchev–Trinajstić information content (AvgIpc) is 2.20. The van der Waals surface area contributed by atoms with Gasteiger partial charge in [-0.15, -0.1) is 0 Å². The molecule has 0 aliphatic heterocycles. The van der Waals surface area contributed by atoms with E-state index in [0.717, 1.165) is 5.56 Å². The second-order valence-corrected chi connectivity index (χ2v) is 3.71. The van der Waals surface area contributed by atoms with Crippen LogP contribution in [0.25, 0.3) is 0 Å². The predicted octanol–water partition coefficient (Wildman–Crippen LogP) is 4.11. The van der Waals surface area contributed by atoms with Gasteiger partial charge in [0.2, 0.25) is 0 Å². The van der Waals surface area contributed by atoms with Crippen molar-refractivity contribution >= 4 is 0 Å². The third-order valence-corrected chi connectivity index (χ3v) is 2.19. The summed E-state index contributed by atoms with van der Waals surface area (Å²) in [5, 5.41) is 0. The minimum Gasteiger partial charge on any atom is -0.457 e. The Hall–Kier alpha value is -1.83. The molecule has 0 aliphatic rings. The summed E-state index contributed by atoms with van der Waals surface area (Å²) < 4.78 is 18.6. The summed E-state index contributed by atoms with van der Waals surface area (Å²) in [7, 11) is 0. The zero-order valence-electron chi connectivity index (χ0n) is 9.03. The monoisotopic (exact) mass is 215 g/mol. The molecule has 0 saturated carbocycles. The highest BCUT2D eigenvalue weighted by Crippen LogP contribution is 2.23. The lowest BCUT2D eigenvalue weighted by atomic mass is 10.2. The Labute approximate surface area is 94.5 Å². The molecule has 0 fully saturated rings. The van der Waals surface area contributed by atoms with E-state index in [0.29, 0.717) is 17.1 Å². The number of aryl methyl sites for hydroxylation is 1. The highest BCUT2D eigenvalue weighted by atomic mass is 19.1. The van der Waals surface area contributed by atoms with Gasteiger partial charge in [-0.1, -0.05) is 17.7 Å². The number of rotatable bonds is 2. The number of hydrogen-bond acceptors (Lipinski definition) is 1. The van der Waals surface area contributed by atoms with Crippen molar-refractivity contribution in [2.75, 3.05) is 0 Å². The van der Waals surface area contributed by atoms with E-state index in [1.54, 1.807) is 6.07 Å². The van der Waals surface area contributed by atoms with Crippen LogP contribution in [0.15, 0.2) is 42.5 Å². The minimum absolute atomic E-state index is 0.338. The van der Waals surface area contributed by atoms with Crippen molar-refractivity contribution in [1.82, 2.24) is 0 Å². The van der Waals surface area contributed by atoms with Gasteiger partial charge in [-0.25, -0.2) is 4.39 Å². The van der Waals surface area contributed by atoms with Crippen LogP contribution in [0.3, 0.4) is 0 Å². The topological polar surface area (TPSA) is 9.23 Å². The van der Waals surface area contributed by atoms with Gasteiger partial charge in [0, 0.05) is 6.07 Å². The smallest absolute Gasteiger partial charge is 0.130 e. The van der Waals surface area contributed by atoms with Gasteiger partial charge in [0.25, 0.3) is 0 Å². The number of halogens is 1. The van der Waals surface area contributed by atoms with Crippen LogP contribution in [-0.2, 0) is 0 Å². The zero-order valence-corrected chi connectivity index (χ0v) is 9.03. The van der Waals surface area contributed by atoms with E-state index in [9.17, 15) is 4.39 Å². The van der Waals surface area contributed by atoms with E-state index in [1.165, 1.54) is 12.1 Å². The molecule has 0 bridgehead atoms. The van der Waals surface area contributed by atoms with Crippen molar-refractivity contribution in [2.45, 2.75) is 6.92 Å². The van der Waals surface area contributed by atoms with Gasteiger partial charge in [-0.05, 0) is 43.7 Å². The third kappa shape index (κ3) is 2.60. The predicted molar refractivity (Wildman–Crippen MR) is 62.1 cm³/mol. The fourth-order valence-corrected chi connectivity index (χ4v) is 1.42. The maximum absolute atomic E-state index is 13.1. The van der Waals surface area contributed by atoms with Gasteiger partial charge in [-0.3, -0.25) is 0 Å². The summed E-state index contributed by atoms with van der Waals surface area (Å²) in [6, 6.07) is 12.0. The molecule has 0 unspecified atom stereocenters. The molecule has 0 atom stereocenters. The molecule has 16 heavy (non-hydrogen) atoms. The van der Waals surface area contributed by atoms with Gasteiger partial charge in [0.05, 0.1) is 0 Å². The SMILES string of the molecule is [CH2]c1cc(F)cc(Oc2ccc(C)cc2)c1. The molecule has 0 spiro atoms. The summed E-state index contributed by atoms with van der Waals surface area (Å²) in [5.74, 6) is 0.819. The fraction of sp³-hybridized carbons (Fsp3) is 0.0714. The minimum atomic E-state index is -0.338. The first-order valence-electron chi connectivity index (χ1n) is 5.00. The van der Waals surface area contributed by atoms with E-state index in [1.807, 2.05) is 31.2 Å². The van der Waals surface area contributed by atoms with Crippen LogP contribution in [0.4, 0.5) is 4.39 Å². The number of ether oxygens (including phenoxy) is 1. The van der Waals surface area contributed by atoms with Crippen molar-refractivity contribution in [3.05, 3.63) is 66.3 Å². The standard InChI is InChI=1S/C14H12FO/c1-10-3-5-13(6-4-10)16-14-8-11(2)7-12(15)9-14/h3-9H,2H2,1H3. The van der Waals surface area contributed by atoms with E-state index >= 15 is 0 Å². The Morgan fingerprint density at radius 3 is 2.31 bits per heavy atom. The maximum atomic E-state index is 13.1. The summed E-state index contributed by atoms with van der Waals surface area (Å²) in [6.45, 7) is 5.68. The Bertz CT molecular complexity index is 468. The van der Waals surface area contributed by atoms with Crippen molar-refractivity contribution in [2.24, 2.45) is 0 Å². The second kappa shape index (κ2) is 4.35. The molecule has 2 rings (SSSR count). The molecule has 2 heteroatoms. The molecular formula is C14H12FO. The molecule has 0 aliphatic carbocycles. The molecule has 0 aromatic heterocycles. The molecule has 1 nitrogen and oxygen atoms in total. The number of benzene rings is 2. The molecule has 81 valence electrons. The quantitative estimate of drug-likeness (QED) is 0.732. The molecule has 2 aromatic carbocycles. The van der Waals surface area contributed by atoms with Crippen molar-refractivity contribution < 1.29 is 9.13 Å². The highest BCUT2D eigenvalue weighted by Gasteiger charge is 2.00. The second-order valence-electron chi connectivity index (χ2n) is 3.71. The van der Waals surface area contributed by atoms with E-state index < -0.39 is 0 Å². The lowest BCUT2D eigenvalue weighted by Gasteiger charge is -2.06. The van der Waals surface area contributed by atoms with Gasteiger partial charge >= 0.3 is 0 Å². The number of hydrogen-bond donors (Lipinski definition) is 0. The molecule has 0 amide bonds. The highest BCUT2D eigenvalue weighted by molar-refractivity contribution is 5.36. The van der Waals surface area contributed by atoms with Crippen LogP contribution >= 0.6 is 0 Å². The largest absolute Gasteiger partial charge is 0.457 e. The third-order valence-electron chi connectivity index (χ3n) is 2.19. The van der Waals surface area contributed by atoms with Crippen LogP contribution in [0.1, 0.15) is 11.1 Å². The van der Waals surface area contributed by atoms with Crippen LogP contribution in [0.5, 0.6) is 11.5 Å². The van der Waals surface area contributed by atoms with Crippen molar-refractivity contribution in [3.8, 4) is 11.5 Å². The lowest BCUT2D eigenvalue weighted by Crippen LogP contribution is -1.87. The summed E-state index contributed by atoms with van der Waals surface area (Å²) in [4.78, 5) is 0. The van der Waals surface area contributed by atoms with Crippen molar-refractivity contribution in [1.29, 1.82) is 0 Å². The summed E-state index contributed by atoms with van der Waals surface area (Å²) >= 11 is 0. The normalized spacial score (nSPS) is 10.2. The van der Waals surface area contributed by atoms with E-state index in [-0.39, 0.29) is 5.82 Å². The van der Waals surface area contributed by atoms with Crippen LogP contribution < -0.4 is 4.74 Å². The van der Waals surface area contributed by atoms with Gasteiger partial charge in [0.15, 0.2) is 0 Å². The molecular weight excluding hydrogens is 203 g/mol. The first-order valence-corrected chi connectivity index (χ1v) is 5.00. The van der Waals surface area contributed by atoms with Gasteiger partial charge in [0.1, 0.15) is 17.3 Å². The Morgan fingerprint density at radius 1 is 1.00 bits per heavy atom. The molecule has 1 radical (unpaired) electrons. The molecule has 0 heterocycles. The van der Waals surface area contributed by atoms with Crippen LogP contribution in [0.2, 0.25) is 0 Å². The summed E-state index contributed by atoms with van der Waals surface area (Å²) in [6.07, 6.45) is 0. The van der Waals surface area contributed by atoms with Gasteiger partial charge < -0.3 is 4.74 Å². The first-order chi connectivity index (χ1) is 7.63. The average molecular weight is 215 g/mol. The van der Waals surface area contributed by atoms with Crippen LogP contribution in [-0.4, -0.2) is 0 Å². The Kier molecular flexibility index (Phi) is 2.91. The first kappa shape index (κ1) is 10.7. The fourth-order valence-electron chi connectivity index (χ4n) is 1.42. The molecule has 0 N–H and O–H groups in total.